The van der Waals surface area contributed by atoms with Crippen LogP contribution in [0.1, 0.15) is 68.5 Å². The maximum Gasteiger partial charge on any atom is 0.320 e. The maximum absolute atomic E-state index is 12.6. The van der Waals surface area contributed by atoms with Crippen molar-refractivity contribution >= 4 is 33.7 Å². The third kappa shape index (κ3) is 3.43. The summed E-state index contributed by atoms with van der Waals surface area (Å²) >= 11 is 3.75. The SMILES string of the molecule is Cc1c(NC(=O)NCc2c(C3CC3)sc3c2CCNC3)sc2c1CCCC2. The topological polar surface area (TPSA) is 53.2 Å². The minimum Gasteiger partial charge on any atom is -0.334 e. The Morgan fingerprint density at radius 1 is 1.11 bits per heavy atom. The molecule has 2 aromatic rings. The minimum atomic E-state index is -0.0627. The number of urea groups is 1. The molecule has 27 heavy (non-hydrogen) atoms. The lowest BCUT2D eigenvalue weighted by atomic mass is 9.96. The fraction of sp³-hybridized carbons (Fsp3) is 0.571. The number of thiophene rings is 2. The molecule has 6 heteroatoms. The standard InChI is InChI=1S/C21H27N3OS2/c1-12-14-4-2-3-5-17(14)27-20(12)24-21(25)23-10-16-15-8-9-22-11-18(15)26-19(16)13-6-7-13/h13,22H,2-11H2,1H3,(H2,23,24,25). The van der Waals surface area contributed by atoms with Crippen LogP contribution in [0.3, 0.4) is 0 Å². The van der Waals surface area contributed by atoms with Gasteiger partial charge in [0.25, 0.3) is 0 Å². The first-order valence-electron chi connectivity index (χ1n) is 10.2. The monoisotopic (exact) mass is 401 g/mol. The maximum atomic E-state index is 12.6. The molecule has 0 radical (unpaired) electrons. The molecule has 0 saturated heterocycles. The Hall–Kier alpha value is -1.37. The summed E-state index contributed by atoms with van der Waals surface area (Å²) in [6.45, 7) is 4.86. The fourth-order valence-electron chi connectivity index (χ4n) is 4.45. The van der Waals surface area contributed by atoms with E-state index in [2.05, 4.69) is 22.9 Å². The Balaban J connectivity index is 1.29. The summed E-state index contributed by atoms with van der Waals surface area (Å²) in [5.74, 6) is 0.742. The number of carbonyl (C=O) groups is 1. The van der Waals surface area contributed by atoms with Crippen LogP contribution in [0.2, 0.25) is 0 Å². The first-order chi connectivity index (χ1) is 13.2. The van der Waals surface area contributed by atoms with Crippen molar-refractivity contribution in [2.24, 2.45) is 0 Å². The van der Waals surface area contributed by atoms with Crippen LogP contribution in [0.4, 0.5) is 9.80 Å². The predicted molar refractivity (Wildman–Crippen MR) is 113 cm³/mol. The van der Waals surface area contributed by atoms with Crippen LogP contribution in [0, 0.1) is 6.92 Å². The fourth-order valence-corrected chi connectivity index (χ4v) is 7.25. The minimum absolute atomic E-state index is 0.0627. The molecule has 2 aliphatic carbocycles. The van der Waals surface area contributed by atoms with Crippen molar-refractivity contribution in [2.75, 3.05) is 11.9 Å². The van der Waals surface area contributed by atoms with Gasteiger partial charge in [-0.25, -0.2) is 4.79 Å². The summed E-state index contributed by atoms with van der Waals surface area (Å²) < 4.78 is 0. The van der Waals surface area contributed by atoms with Crippen molar-refractivity contribution < 1.29 is 4.79 Å². The molecule has 0 spiro atoms. The Morgan fingerprint density at radius 2 is 1.96 bits per heavy atom. The summed E-state index contributed by atoms with van der Waals surface area (Å²) in [5, 5.41) is 10.8. The van der Waals surface area contributed by atoms with Crippen molar-refractivity contribution in [3.8, 4) is 0 Å². The third-order valence-corrected chi connectivity index (χ3v) is 8.85. The van der Waals surface area contributed by atoms with Gasteiger partial charge in [-0.2, -0.15) is 0 Å². The van der Waals surface area contributed by atoms with Gasteiger partial charge in [-0.15, -0.1) is 22.7 Å². The molecule has 3 heterocycles. The van der Waals surface area contributed by atoms with Crippen LogP contribution in [0.25, 0.3) is 0 Å². The average Bonchev–Trinajstić information content (AvgIpc) is 3.40. The molecule has 1 aliphatic heterocycles. The van der Waals surface area contributed by atoms with E-state index in [4.69, 9.17) is 0 Å². The number of rotatable bonds is 4. The molecule has 5 rings (SSSR count). The number of fused-ring (bicyclic) bond motifs is 2. The van der Waals surface area contributed by atoms with E-state index >= 15 is 0 Å². The normalized spacial score (nSPS) is 18.7. The second-order valence-corrected chi connectivity index (χ2v) is 10.3. The number of carbonyl (C=O) groups excluding carboxylic acids is 1. The molecule has 2 amide bonds. The Bertz CT molecular complexity index is 879. The molecule has 3 N–H and O–H groups in total. The van der Waals surface area contributed by atoms with Gasteiger partial charge in [0, 0.05) is 27.7 Å². The van der Waals surface area contributed by atoms with E-state index in [0.717, 1.165) is 30.4 Å². The molecule has 4 nitrogen and oxygen atoms in total. The molecule has 0 atom stereocenters. The lowest BCUT2D eigenvalue weighted by Crippen LogP contribution is -2.29. The molecule has 0 bridgehead atoms. The molecule has 0 unspecified atom stereocenters. The lowest BCUT2D eigenvalue weighted by molar-refractivity contribution is 0.251. The molecular formula is C21H27N3OS2. The zero-order chi connectivity index (χ0) is 18.4. The predicted octanol–water partition coefficient (Wildman–Crippen LogP) is 4.84. The summed E-state index contributed by atoms with van der Waals surface area (Å²) in [7, 11) is 0. The number of aryl methyl sites for hydroxylation is 1. The van der Waals surface area contributed by atoms with Crippen LogP contribution < -0.4 is 16.0 Å². The number of amides is 2. The second-order valence-electron chi connectivity index (χ2n) is 8.02. The van der Waals surface area contributed by atoms with E-state index in [0.29, 0.717) is 6.54 Å². The first-order valence-corrected chi connectivity index (χ1v) is 11.8. The van der Waals surface area contributed by atoms with Crippen molar-refractivity contribution in [2.45, 2.75) is 70.9 Å². The van der Waals surface area contributed by atoms with Crippen molar-refractivity contribution in [3.63, 3.8) is 0 Å². The molecule has 2 aromatic heterocycles. The van der Waals surface area contributed by atoms with Gasteiger partial charge in [0.1, 0.15) is 0 Å². The van der Waals surface area contributed by atoms with Gasteiger partial charge in [0.2, 0.25) is 0 Å². The van der Waals surface area contributed by atoms with E-state index < -0.39 is 0 Å². The Morgan fingerprint density at radius 3 is 2.78 bits per heavy atom. The Kier molecular flexibility index (Phi) is 4.74. The molecule has 1 saturated carbocycles. The van der Waals surface area contributed by atoms with Gasteiger partial charge in [-0.05, 0) is 86.6 Å². The summed E-state index contributed by atoms with van der Waals surface area (Å²) in [6, 6.07) is -0.0627. The van der Waals surface area contributed by atoms with Crippen molar-refractivity contribution in [3.05, 3.63) is 36.9 Å². The molecular weight excluding hydrogens is 374 g/mol. The molecule has 144 valence electrons. The summed E-state index contributed by atoms with van der Waals surface area (Å²) in [4.78, 5) is 17.1. The van der Waals surface area contributed by atoms with Gasteiger partial charge < -0.3 is 10.6 Å². The highest BCUT2D eigenvalue weighted by Crippen LogP contribution is 2.47. The van der Waals surface area contributed by atoms with Gasteiger partial charge in [0.15, 0.2) is 0 Å². The second kappa shape index (κ2) is 7.22. The number of anilines is 1. The van der Waals surface area contributed by atoms with Gasteiger partial charge >= 0.3 is 6.03 Å². The smallest absolute Gasteiger partial charge is 0.320 e. The van der Waals surface area contributed by atoms with E-state index in [1.165, 1.54) is 75.4 Å². The van der Waals surface area contributed by atoms with E-state index in [1.54, 1.807) is 11.3 Å². The summed E-state index contributed by atoms with van der Waals surface area (Å²) in [5.41, 5.74) is 5.68. The Labute approximate surface area is 168 Å². The van der Waals surface area contributed by atoms with Crippen LogP contribution in [-0.2, 0) is 32.4 Å². The quantitative estimate of drug-likeness (QED) is 0.686. The largest absolute Gasteiger partial charge is 0.334 e. The van der Waals surface area contributed by atoms with Crippen LogP contribution in [-0.4, -0.2) is 12.6 Å². The van der Waals surface area contributed by atoms with Crippen molar-refractivity contribution in [1.82, 2.24) is 10.6 Å². The molecule has 0 aromatic carbocycles. The zero-order valence-corrected chi connectivity index (χ0v) is 17.5. The van der Waals surface area contributed by atoms with E-state index in [9.17, 15) is 4.79 Å². The molecule has 3 aliphatic rings. The highest BCUT2D eigenvalue weighted by Gasteiger charge is 2.31. The highest BCUT2D eigenvalue weighted by molar-refractivity contribution is 7.16. The number of hydrogen-bond donors (Lipinski definition) is 3. The average molecular weight is 402 g/mol. The third-order valence-electron chi connectivity index (χ3n) is 6.11. The van der Waals surface area contributed by atoms with Gasteiger partial charge in [-0.3, -0.25) is 5.32 Å². The van der Waals surface area contributed by atoms with Crippen LogP contribution in [0.15, 0.2) is 0 Å². The van der Waals surface area contributed by atoms with Crippen LogP contribution in [0.5, 0.6) is 0 Å². The van der Waals surface area contributed by atoms with Crippen LogP contribution >= 0.6 is 22.7 Å². The highest BCUT2D eigenvalue weighted by atomic mass is 32.1. The van der Waals surface area contributed by atoms with E-state index in [-0.39, 0.29) is 6.03 Å². The number of nitrogens with one attached hydrogen (secondary N) is 3. The van der Waals surface area contributed by atoms with E-state index in [1.807, 2.05) is 11.3 Å². The van der Waals surface area contributed by atoms with Gasteiger partial charge in [-0.1, -0.05) is 0 Å². The molecule has 1 fully saturated rings. The van der Waals surface area contributed by atoms with Crippen molar-refractivity contribution in [1.29, 1.82) is 0 Å². The number of hydrogen-bond acceptors (Lipinski definition) is 4. The lowest BCUT2D eigenvalue weighted by Gasteiger charge is -2.15. The zero-order valence-electron chi connectivity index (χ0n) is 15.9. The first kappa shape index (κ1) is 17.7. The summed E-state index contributed by atoms with van der Waals surface area (Å²) in [6.07, 6.45) is 8.61. The van der Waals surface area contributed by atoms with Gasteiger partial charge in [0.05, 0.1) is 5.00 Å².